The number of imidazole rings is 1. The van der Waals surface area contributed by atoms with Crippen molar-refractivity contribution in [3.05, 3.63) is 30.4 Å². The van der Waals surface area contributed by atoms with Gasteiger partial charge in [-0.2, -0.15) is 0 Å². The Bertz CT molecular complexity index is 962. The zero-order chi connectivity index (χ0) is 23.3. The lowest BCUT2D eigenvalue weighted by molar-refractivity contribution is -0.272. The van der Waals surface area contributed by atoms with E-state index in [2.05, 4.69) is 49.5 Å². The molecule has 0 unspecified atom stereocenters. The first-order chi connectivity index (χ1) is 16.3. The molecule has 0 radical (unpaired) electrons. The molecule has 4 nitrogen and oxygen atoms in total. The van der Waals surface area contributed by atoms with Gasteiger partial charge in [0.2, 0.25) is 0 Å². The van der Waals surface area contributed by atoms with Crippen molar-refractivity contribution in [2.24, 2.45) is 46.3 Å². The minimum Gasteiger partial charge on any atom is -0.349 e. The van der Waals surface area contributed by atoms with Gasteiger partial charge in [0.1, 0.15) is 0 Å². The van der Waals surface area contributed by atoms with Crippen LogP contribution in [0.3, 0.4) is 0 Å². The van der Waals surface area contributed by atoms with Crippen molar-refractivity contribution in [1.29, 1.82) is 0 Å². The molecule has 1 aromatic heterocycles. The summed E-state index contributed by atoms with van der Waals surface area (Å²) >= 11 is 0. The van der Waals surface area contributed by atoms with Crippen LogP contribution in [0.15, 0.2) is 30.4 Å². The zero-order valence-electron chi connectivity index (χ0n) is 21.7. The van der Waals surface area contributed by atoms with Crippen LogP contribution in [-0.4, -0.2) is 28.0 Å². The second-order valence-electron chi connectivity index (χ2n) is 13.7. The summed E-state index contributed by atoms with van der Waals surface area (Å²) in [6.07, 6.45) is 20.8. The molecule has 0 aromatic carbocycles. The third-order valence-electron chi connectivity index (χ3n) is 12.3. The van der Waals surface area contributed by atoms with Crippen LogP contribution in [-0.2, 0) is 9.47 Å². The van der Waals surface area contributed by atoms with Crippen molar-refractivity contribution >= 4 is 0 Å². The van der Waals surface area contributed by atoms with E-state index in [0.717, 1.165) is 30.8 Å². The van der Waals surface area contributed by atoms with E-state index in [4.69, 9.17) is 9.47 Å². The molecule has 4 heteroatoms. The predicted octanol–water partition coefficient (Wildman–Crippen LogP) is 6.79. The van der Waals surface area contributed by atoms with Crippen LogP contribution < -0.4 is 0 Å². The van der Waals surface area contributed by atoms with Gasteiger partial charge in [-0.3, -0.25) is 0 Å². The lowest BCUT2D eigenvalue weighted by atomic mass is 9.46. The van der Waals surface area contributed by atoms with Crippen molar-refractivity contribution in [2.45, 2.75) is 103 Å². The molecule has 3 heterocycles. The standard InChI is InChI=1S/C30H44N2O2/c1-19-7-12-30(33-17-19)20(2)27-26(34-30)16-25-23-6-5-21-15-22(32-14-13-31-18-32)8-10-28(21,3)24(23)9-11-29(25,27)4/h5,13-14,18-20,22-27H,6-12,15-17H2,1-4H3/t19-,20+,22-,23-,24+,25+,26+,27+,28+,29+,30-/m1/s1. The van der Waals surface area contributed by atoms with Gasteiger partial charge in [-0.15, -0.1) is 0 Å². The summed E-state index contributed by atoms with van der Waals surface area (Å²) in [4.78, 5) is 4.32. The number of hydrogen-bond acceptors (Lipinski definition) is 3. The average Bonchev–Trinajstić information content (AvgIpc) is 3.52. The largest absolute Gasteiger partial charge is 0.349 e. The van der Waals surface area contributed by atoms with Crippen molar-refractivity contribution in [2.75, 3.05) is 6.61 Å². The van der Waals surface area contributed by atoms with Gasteiger partial charge >= 0.3 is 0 Å². The number of fused-ring (bicyclic) bond motifs is 7. The third-order valence-corrected chi connectivity index (χ3v) is 12.3. The maximum absolute atomic E-state index is 6.95. The number of nitrogens with zero attached hydrogens (tertiary/aromatic N) is 2. The topological polar surface area (TPSA) is 36.3 Å². The highest BCUT2D eigenvalue weighted by molar-refractivity contribution is 5.26. The number of ether oxygens (including phenoxy) is 2. The molecule has 0 N–H and O–H groups in total. The van der Waals surface area contributed by atoms with Crippen LogP contribution in [0.2, 0.25) is 0 Å². The lowest BCUT2D eigenvalue weighted by Gasteiger charge is -2.58. The quantitative estimate of drug-likeness (QED) is 0.429. The van der Waals surface area contributed by atoms with Gasteiger partial charge in [0.25, 0.3) is 0 Å². The fourth-order valence-electron chi connectivity index (χ4n) is 10.4. The zero-order valence-corrected chi connectivity index (χ0v) is 21.7. The van der Waals surface area contributed by atoms with E-state index >= 15 is 0 Å². The molecule has 6 aliphatic rings. The van der Waals surface area contributed by atoms with Gasteiger partial charge in [-0.05, 0) is 91.8 Å². The monoisotopic (exact) mass is 464 g/mol. The van der Waals surface area contributed by atoms with Gasteiger partial charge in [-0.1, -0.05) is 39.3 Å². The smallest absolute Gasteiger partial charge is 0.171 e. The van der Waals surface area contributed by atoms with Crippen LogP contribution in [0.5, 0.6) is 0 Å². The normalized spacial score (nSPS) is 54.2. The average molecular weight is 465 g/mol. The minimum absolute atomic E-state index is 0.288. The van der Waals surface area contributed by atoms with Crippen molar-refractivity contribution < 1.29 is 9.47 Å². The highest BCUT2D eigenvalue weighted by atomic mass is 16.7. The predicted molar refractivity (Wildman–Crippen MR) is 133 cm³/mol. The van der Waals surface area contributed by atoms with Crippen LogP contribution in [0, 0.1) is 46.3 Å². The maximum atomic E-state index is 6.95. The SMILES string of the molecule is C[C@@H]1CC[C@@]2(OC1)O[C@H]1C[C@H]3[C@@H]4CC=C5C[C@H](n6ccnc6)CC[C@]5(C)[C@H]4CC[C@]3(C)[C@H]1[C@@H]2C. The Morgan fingerprint density at radius 3 is 2.71 bits per heavy atom. The number of allylic oxidation sites excluding steroid dienone is 2. The first-order valence-corrected chi connectivity index (χ1v) is 14.3. The van der Waals surface area contributed by atoms with Gasteiger partial charge in [-0.25, -0.2) is 4.98 Å². The number of aromatic nitrogens is 2. The molecule has 7 rings (SSSR count). The first kappa shape index (κ1) is 22.1. The van der Waals surface area contributed by atoms with Crippen LogP contribution in [0.4, 0.5) is 0 Å². The second kappa shape index (κ2) is 7.44. The van der Waals surface area contributed by atoms with Gasteiger partial charge < -0.3 is 14.0 Å². The minimum atomic E-state index is -0.288. The molecule has 0 amide bonds. The summed E-state index contributed by atoms with van der Waals surface area (Å²) in [6, 6.07) is 0.599. The fraction of sp³-hybridized carbons (Fsp3) is 0.833. The maximum Gasteiger partial charge on any atom is 0.171 e. The molecule has 2 saturated heterocycles. The summed E-state index contributed by atoms with van der Waals surface area (Å²) in [5, 5.41) is 0. The van der Waals surface area contributed by atoms with E-state index in [1.165, 1.54) is 51.4 Å². The van der Waals surface area contributed by atoms with E-state index in [-0.39, 0.29) is 5.79 Å². The first-order valence-electron chi connectivity index (χ1n) is 14.3. The highest BCUT2D eigenvalue weighted by Crippen LogP contribution is 2.70. The molecule has 2 aliphatic heterocycles. The molecular formula is C30H44N2O2. The second-order valence-corrected chi connectivity index (χ2v) is 13.7. The van der Waals surface area contributed by atoms with Gasteiger partial charge in [0, 0.05) is 30.8 Å². The van der Waals surface area contributed by atoms with Gasteiger partial charge in [0.05, 0.1) is 19.0 Å². The van der Waals surface area contributed by atoms with E-state index in [9.17, 15) is 0 Å². The molecule has 11 atom stereocenters. The highest BCUT2D eigenvalue weighted by Gasteiger charge is 2.68. The van der Waals surface area contributed by atoms with Crippen molar-refractivity contribution in [3.8, 4) is 0 Å². The Morgan fingerprint density at radius 1 is 1.06 bits per heavy atom. The number of rotatable bonds is 1. The van der Waals surface area contributed by atoms with Crippen molar-refractivity contribution in [3.63, 3.8) is 0 Å². The Labute approximate surface area is 205 Å². The molecule has 1 spiro atoms. The number of hydrogen-bond donors (Lipinski definition) is 0. The van der Waals surface area contributed by atoms with E-state index in [1.54, 1.807) is 5.57 Å². The third kappa shape index (κ3) is 2.88. The molecule has 1 aromatic rings. The van der Waals surface area contributed by atoms with E-state index < -0.39 is 0 Å². The Kier molecular flexibility index (Phi) is 4.84. The van der Waals surface area contributed by atoms with E-state index in [0.29, 0.717) is 40.7 Å². The molecule has 186 valence electrons. The fourth-order valence-corrected chi connectivity index (χ4v) is 10.4. The van der Waals surface area contributed by atoms with E-state index in [1.807, 2.05) is 12.5 Å². The van der Waals surface area contributed by atoms with Gasteiger partial charge in [0.15, 0.2) is 5.79 Å². The molecule has 4 aliphatic carbocycles. The van der Waals surface area contributed by atoms with Crippen LogP contribution >= 0.6 is 0 Å². The summed E-state index contributed by atoms with van der Waals surface area (Å²) in [6.45, 7) is 10.9. The Hall–Kier alpha value is -1.13. The summed E-state index contributed by atoms with van der Waals surface area (Å²) < 4.78 is 15.8. The molecule has 3 saturated carbocycles. The van der Waals surface area contributed by atoms with Crippen LogP contribution in [0.1, 0.15) is 91.5 Å². The summed E-state index contributed by atoms with van der Waals surface area (Å²) in [5.41, 5.74) is 2.57. The lowest BCUT2D eigenvalue weighted by Crippen LogP contribution is -2.52. The molecule has 5 fully saturated rings. The molecule has 0 bridgehead atoms. The Balaban J connectivity index is 1.14. The molecular weight excluding hydrogens is 420 g/mol. The van der Waals surface area contributed by atoms with Crippen molar-refractivity contribution in [1.82, 2.24) is 9.55 Å². The summed E-state index contributed by atoms with van der Waals surface area (Å²) in [7, 11) is 0. The molecule has 34 heavy (non-hydrogen) atoms. The Morgan fingerprint density at radius 2 is 1.94 bits per heavy atom. The summed E-state index contributed by atoms with van der Waals surface area (Å²) in [5.74, 6) is 4.07. The van der Waals surface area contributed by atoms with Crippen LogP contribution in [0.25, 0.3) is 0 Å².